The maximum Gasteiger partial charge on any atom is 0.239 e. The number of carbonyl (C=O) groups excluding carboxylic acids is 1. The molecule has 1 amide bonds. The highest BCUT2D eigenvalue weighted by Crippen LogP contribution is 2.27. The third-order valence-electron chi connectivity index (χ3n) is 3.39. The minimum absolute atomic E-state index is 0.0522. The predicted molar refractivity (Wildman–Crippen MR) is 107 cm³/mol. The Labute approximate surface area is 152 Å². The van der Waals surface area contributed by atoms with Gasteiger partial charge >= 0.3 is 0 Å². The van der Waals surface area contributed by atoms with Crippen LogP contribution in [0.4, 0.5) is 5.13 Å². The van der Waals surface area contributed by atoms with Crippen LogP contribution in [-0.4, -0.2) is 23.7 Å². The zero-order valence-electron chi connectivity index (χ0n) is 14.4. The summed E-state index contributed by atoms with van der Waals surface area (Å²) in [5.41, 5.74) is 9.34. The summed E-state index contributed by atoms with van der Waals surface area (Å²) in [6, 6.07) is 8.12. The van der Waals surface area contributed by atoms with E-state index in [-0.39, 0.29) is 12.5 Å². The summed E-state index contributed by atoms with van der Waals surface area (Å²) in [5, 5.41) is 5.14. The summed E-state index contributed by atoms with van der Waals surface area (Å²) >= 11 is 1.38. The van der Waals surface area contributed by atoms with E-state index in [1.54, 1.807) is 12.4 Å². The van der Waals surface area contributed by atoms with Crippen molar-refractivity contribution < 1.29 is 4.79 Å². The van der Waals surface area contributed by atoms with Gasteiger partial charge in [0.1, 0.15) is 0 Å². The highest BCUT2D eigenvalue weighted by Gasteiger charge is 2.07. The largest absolute Gasteiger partial charge is 0.322 e. The van der Waals surface area contributed by atoms with Crippen molar-refractivity contribution in [1.82, 2.24) is 4.98 Å². The van der Waals surface area contributed by atoms with E-state index < -0.39 is 0 Å². The van der Waals surface area contributed by atoms with Crippen LogP contribution in [0.25, 0.3) is 16.8 Å². The normalized spacial score (nSPS) is 12.2. The Bertz CT molecular complexity index is 805. The fraction of sp³-hybridized carbons (Fsp3) is 0.211. The van der Waals surface area contributed by atoms with Crippen molar-refractivity contribution in [2.24, 2.45) is 10.7 Å². The second-order valence-corrected chi connectivity index (χ2v) is 6.17. The summed E-state index contributed by atoms with van der Waals surface area (Å²) in [6.07, 6.45) is 8.55. The first-order valence-electron chi connectivity index (χ1n) is 8.05. The van der Waals surface area contributed by atoms with Crippen LogP contribution < -0.4 is 11.1 Å². The summed E-state index contributed by atoms with van der Waals surface area (Å²) in [4.78, 5) is 20.0. The van der Waals surface area contributed by atoms with Crippen LogP contribution in [0.1, 0.15) is 25.8 Å². The quantitative estimate of drug-likeness (QED) is 0.734. The van der Waals surface area contributed by atoms with E-state index in [9.17, 15) is 4.79 Å². The van der Waals surface area contributed by atoms with Gasteiger partial charge in [-0.1, -0.05) is 31.2 Å². The zero-order valence-corrected chi connectivity index (χ0v) is 15.2. The number of hydrogen-bond acceptors (Lipinski definition) is 5. The first-order chi connectivity index (χ1) is 12.1. The van der Waals surface area contributed by atoms with Crippen molar-refractivity contribution >= 4 is 34.2 Å². The molecule has 0 fully saturated rings. The first kappa shape index (κ1) is 18.8. The Hall–Kier alpha value is -2.57. The van der Waals surface area contributed by atoms with Crippen LogP contribution in [0.2, 0.25) is 0 Å². The van der Waals surface area contributed by atoms with E-state index in [0.717, 1.165) is 28.8 Å². The lowest BCUT2D eigenvalue weighted by Crippen LogP contribution is -2.21. The van der Waals surface area contributed by atoms with Gasteiger partial charge in [0.15, 0.2) is 5.13 Å². The number of amides is 1. The van der Waals surface area contributed by atoms with Crippen LogP contribution in [0, 0.1) is 0 Å². The first-order valence-corrected chi connectivity index (χ1v) is 8.93. The number of nitrogens with one attached hydrogen (secondary N) is 1. The lowest BCUT2D eigenvalue weighted by molar-refractivity contribution is -0.114. The third kappa shape index (κ3) is 5.77. The number of carbonyl (C=O) groups is 1. The van der Waals surface area contributed by atoms with Crippen LogP contribution in [0.15, 0.2) is 53.0 Å². The van der Waals surface area contributed by atoms with Gasteiger partial charge in [0, 0.05) is 23.4 Å². The number of anilines is 1. The van der Waals surface area contributed by atoms with Crippen LogP contribution >= 0.6 is 11.3 Å². The third-order valence-corrected chi connectivity index (χ3v) is 4.15. The van der Waals surface area contributed by atoms with E-state index in [1.807, 2.05) is 36.6 Å². The number of rotatable bonds is 7. The lowest BCUT2D eigenvalue weighted by atomic mass is 10.0. The van der Waals surface area contributed by atoms with Gasteiger partial charge in [0.25, 0.3) is 0 Å². The van der Waals surface area contributed by atoms with Gasteiger partial charge in [-0.25, -0.2) is 4.98 Å². The molecule has 0 spiro atoms. The highest BCUT2D eigenvalue weighted by molar-refractivity contribution is 7.14. The van der Waals surface area contributed by atoms with E-state index in [2.05, 4.69) is 34.3 Å². The van der Waals surface area contributed by atoms with Crippen molar-refractivity contribution in [3.05, 3.63) is 53.6 Å². The molecule has 0 bridgehead atoms. The van der Waals surface area contributed by atoms with Gasteiger partial charge in [-0.05, 0) is 36.6 Å². The van der Waals surface area contributed by atoms with E-state index >= 15 is 0 Å². The summed E-state index contributed by atoms with van der Waals surface area (Å²) in [6.45, 7) is 4.07. The molecule has 1 heterocycles. The second-order valence-electron chi connectivity index (χ2n) is 5.31. The Balaban J connectivity index is 2.15. The molecule has 0 atom stereocenters. The number of nitrogens with zero attached hydrogens (tertiary/aromatic N) is 2. The molecule has 0 aliphatic heterocycles. The van der Waals surface area contributed by atoms with Crippen molar-refractivity contribution in [2.45, 2.75) is 20.3 Å². The molecule has 0 aliphatic rings. The molecular weight excluding hydrogens is 332 g/mol. The number of hydrogen-bond donors (Lipinski definition) is 2. The van der Waals surface area contributed by atoms with Crippen LogP contribution in [0.3, 0.4) is 0 Å². The van der Waals surface area contributed by atoms with Crippen molar-refractivity contribution in [2.75, 3.05) is 11.9 Å². The summed E-state index contributed by atoms with van der Waals surface area (Å²) in [5.74, 6) is -0.246. The van der Waals surface area contributed by atoms with Gasteiger partial charge in [0.2, 0.25) is 5.91 Å². The Morgan fingerprint density at radius 3 is 3.04 bits per heavy atom. The number of allylic oxidation sites excluding steroid dienone is 3. The van der Waals surface area contributed by atoms with Gasteiger partial charge in [0.05, 0.1) is 12.2 Å². The van der Waals surface area contributed by atoms with Gasteiger partial charge in [-0.3, -0.25) is 9.79 Å². The maximum atomic E-state index is 11.3. The molecule has 3 N–H and O–H groups in total. The molecule has 2 aromatic rings. The fourth-order valence-electron chi connectivity index (χ4n) is 2.02. The second kappa shape index (κ2) is 9.66. The monoisotopic (exact) mass is 354 g/mol. The molecule has 130 valence electrons. The standard InChI is InChI=1S/C19H22N4OS/c1-3-4-9-21-10-8-14(2)15-6-5-7-16(11-15)17-13-25-19(22-17)23-18(24)12-20/h4-11,13H,3,12,20H2,1-2H3,(H,22,23,24)/b9-4+,14-8+,21-10+. The molecule has 5 nitrogen and oxygen atoms in total. The van der Waals surface area contributed by atoms with Crippen molar-refractivity contribution in [1.29, 1.82) is 0 Å². The molecule has 0 aliphatic carbocycles. The molecule has 25 heavy (non-hydrogen) atoms. The van der Waals surface area contributed by atoms with E-state index in [0.29, 0.717) is 5.13 Å². The number of nitrogens with two attached hydrogens (primary N) is 1. The van der Waals surface area contributed by atoms with E-state index in [1.165, 1.54) is 11.3 Å². The number of thiazole rings is 1. The van der Waals surface area contributed by atoms with Crippen molar-refractivity contribution in [3.63, 3.8) is 0 Å². The SMILES string of the molecule is CC/C=C/N=C/C=C(\C)c1cccc(-c2csc(NC(=O)CN)n2)c1. The number of aromatic nitrogens is 1. The summed E-state index contributed by atoms with van der Waals surface area (Å²) < 4.78 is 0. The van der Waals surface area contributed by atoms with Crippen molar-refractivity contribution in [3.8, 4) is 11.3 Å². The predicted octanol–water partition coefficient (Wildman–Crippen LogP) is 4.11. The lowest BCUT2D eigenvalue weighted by Gasteiger charge is -2.03. The molecule has 1 aromatic heterocycles. The number of benzene rings is 1. The topological polar surface area (TPSA) is 80.4 Å². The molecule has 0 saturated heterocycles. The van der Waals surface area contributed by atoms with E-state index in [4.69, 9.17) is 5.73 Å². The molecule has 0 saturated carbocycles. The Morgan fingerprint density at radius 2 is 2.28 bits per heavy atom. The molecule has 0 radical (unpaired) electrons. The van der Waals surface area contributed by atoms with Gasteiger partial charge in [-0.2, -0.15) is 0 Å². The Kier molecular flexibility index (Phi) is 7.25. The van der Waals surface area contributed by atoms with Crippen LogP contribution in [0.5, 0.6) is 0 Å². The zero-order chi connectivity index (χ0) is 18.1. The van der Waals surface area contributed by atoms with Gasteiger partial charge < -0.3 is 11.1 Å². The number of aliphatic imine (C=N–C) groups is 1. The molecule has 1 aromatic carbocycles. The smallest absolute Gasteiger partial charge is 0.239 e. The molecule has 6 heteroatoms. The molecule has 0 unspecified atom stereocenters. The molecular formula is C19H22N4OS. The highest BCUT2D eigenvalue weighted by atomic mass is 32.1. The average molecular weight is 354 g/mol. The minimum atomic E-state index is -0.246. The maximum absolute atomic E-state index is 11.3. The fourth-order valence-corrected chi connectivity index (χ4v) is 2.76. The molecule has 2 rings (SSSR count). The Morgan fingerprint density at radius 1 is 1.44 bits per heavy atom. The summed E-state index contributed by atoms with van der Waals surface area (Å²) in [7, 11) is 0. The minimum Gasteiger partial charge on any atom is -0.322 e. The average Bonchev–Trinajstić information content (AvgIpc) is 3.10. The van der Waals surface area contributed by atoms with Gasteiger partial charge in [-0.15, -0.1) is 11.3 Å². The van der Waals surface area contributed by atoms with Crippen LogP contribution in [-0.2, 0) is 4.79 Å².